The molecule has 26 heavy (non-hydrogen) atoms. The van der Waals surface area contributed by atoms with E-state index < -0.39 is 0 Å². The van der Waals surface area contributed by atoms with Gasteiger partial charge in [0, 0.05) is 16.5 Å². The highest BCUT2D eigenvalue weighted by Crippen LogP contribution is 2.40. The zero-order valence-electron chi connectivity index (χ0n) is 14.2. The number of furan rings is 1. The van der Waals surface area contributed by atoms with Crippen LogP contribution in [-0.2, 0) is 4.74 Å². The number of hydrogen-bond donors (Lipinski definition) is 1. The van der Waals surface area contributed by atoms with Crippen molar-refractivity contribution in [3.05, 3.63) is 47.0 Å². The molecule has 6 heteroatoms. The van der Waals surface area contributed by atoms with Gasteiger partial charge in [0.05, 0.1) is 35.3 Å². The van der Waals surface area contributed by atoms with E-state index in [4.69, 9.17) is 9.15 Å². The summed E-state index contributed by atoms with van der Waals surface area (Å²) in [5.41, 5.74) is 6.26. The Morgan fingerprint density at radius 2 is 2.15 bits per heavy atom. The molecule has 4 heterocycles. The standard InChI is InChI=1S/C20H16N2O3S/c1-11-8-16-13(4-7-25-16)20(23)18(11)15-9-17-19(22-21-15)14(10-26-17)12-2-5-24-6-3-12/h2,4,7-10,23H,3,5-6H2,1H3. The molecule has 0 bridgehead atoms. The Morgan fingerprint density at radius 1 is 1.23 bits per heavy atom. The van der Waals surface area contributed by atoms with Gasteiger partial charge in [0.2, 0.25) is 0 Å². The molecule has 130 valence electrons. The first kappa shape index (κ1) is 15.5. The molecule has 0 fully saturated rings. The normalized spacial score (nSPS) is 14.9. The summed E-state index contributed by atoms with van der Waals surface area (Å²) in [6.07, 6.45) is 4.59. The largest absolute Gasteiger partial charge is 0.506 e. The SMILES string of the molecule is Cc1cc2occc2c(O)c1-c1cc2scc(C3=CCOCC3)c2nn1. The van der Waals surface area contributed by atoms with E-state index in [2.05, 4.69) is 21.7 Å². The quantitative estimate of drug-likeness (QED) is 0.547. The molecule has 0 saturated heterocycles. The molecule has 0 aliphatic carbocycles. The van der Waals surface area contributed by atoms with Crippen molar-refractivity contribution in [2.45, 2.75) is 13.3 Å². The second-order valence-corrected chi connectivity index (χ2v) is 7.31. The first-order valence-electron chi connectivity index (χ1n) is 8.44. The van der Waals surface area contributed by atoms with E-state index in [9.17, 15) is 5.11 Å². The molecule has 0 saturated carbocycles. The number of phenolic OH excluding ortho intramolecular Hbond substituents is 1. The Kier molecular flexibility index (Phi) is 3.55. The third kappa shape index (κ3) is 2.34. The number of ether oxygens (including phenoxy) is 1. The lowest BCUT2D eigenvalue weighted by molar-refractivity contribution is 0.161. The van der Waals surface area contributed by atoms with E-state index in [0.29, 0.717) is 28.8 Å². The van der Waals surface area contributed by atoms with Gasteiger partial charge in [-0.25, -0.2) is 0 Å². The van der Waals surface area contributed by atoms with E-state index in [1.165, 1.54) is 5.57 Å². The van der Waals surface area contributed by atoms with Crippen molar-refractivity contribution in [2.75, 3.05) is 13.2 Å². The number of aromatic hydroxyl groups is 1. The van der Waals surface area contributed by atoms with Crippen LogP contribution in [0.25, 0.3) is 38.0 Å². The molecule has 1 aliphatic heterocycles. The lowest BCUT2D eigenvalue weighted by Crippen LogP contribution is -2.03. The Hall–Kier alpha value is -2.70. The van der Waals surface area contributed by atoms with E-state index in [-0.39, 0.29) is 5.75 Å². The van der Waals surface area contributed by atoms with Crippen LogP contribution in [0.2, 0.25) is 0 Å². The summed E-state index contributed by atoms with van der Waals surface area (Å²) < 4.78 is 11.9. The van der Waals surface area contributed by atoms with Crippen LogP contribution in [0.5, 0.6) is 5.75 Å². The van der Waals surface area contributed by atoms with Crippen LogP contribution in [0.1, 0.15) is 17.5 Å². The molecular formula is C20H16N2O3S. The molecule has 1 aromatic carbocycles. The number of benzene rings is 1. The Labute approximate surface area is 153 Å². The Morgan fingerprint density at radius 3 is 3.00 bits per heavy atom. The van der Waals surface area contributed by atoms with Gasteiger partial charge in [-0.1, -0.05) is 6.08 Å². The summed E-state index contributed by atoms with van der Waals surface area (Å²) in [7, 11) is 0. The van der Waals surface area contributed by atoms with Gasteiger partial charge in [0.1, 0.15) is 16.8 Å². The molecule has 1 N–H and O–H groups in total. The number of nitrogens with zero attached hydrogens (tertiary/aromatic N) is 2. The van der Waals surface area contributed by atoms with Crippen LogP contribution >= 0.6 is 11.3 Å². The van der Waals surface area contributed by atoms with Gasteiger partial charge in [-0.05, 0) is 42.7 Å². The van der Waals surface area contributed by atoms with Crippen molar-refractivity contribution in [2.24, 2.45) is 0 Å². The minimum Gasteiger partial charge on any atom is -0.506 e. The van der Waals surface area contributed by atoms with Crippen molar-refractivity contribution < 1.29 is 14.3 Å². The van der Waals surface area contributed by atoms with E-state index in [1.54, 1.807) is 23.7 Å². The van der Waals surface area contributed by atoms with Crippen molar-refractivity contribution in [1.29, 1.82) is 0 Å². The summed E-state index contributed by atoms with van der Waals surface area (Å²) in [5.74, 6) is 0.186. The van der Waals surface area contributed by atoms with Crippen molar-refractivity contribution in [1.82, 2.24) is 10.2 Å². The maximum atomic E-state index is 10.7. The summed E-state index contributed by atoms with van der Waals surface area (Å²) in [5, 5.41) is 22.4. The molecule has 0 unspecified atom stereocenters. The second-order valence-electron chi connectivity index (χ2n) is 6.40. The molecule has 1 aliphatic rings. The maximum Gasteiger partial charge on any atom is 0.137 e. The van der Waals surface area contributed by atoms with Gasteiger partial charge in [-0.15, -0.1) is 21.5 Å². The number of thiophene rings is 1. The van der Waals surface area contributed by atoms with Crippen molar-refractivity contribution >= 4 is 38.1 Å². The number of phenols is 1. The first-order valence-corrected chi connectivity index (χ1v) is 9.32. The predicted molar refractivity (Wildman–Crippen MR) is 102 cm³/mol. The van der Waals surface area contributed by atoms with Crippen LogP contribution < -0.4 is 0 Å². The van der Waals surface area contributed by atoms with Crippen molar-refractivity contribution in [3.63, 3.8) is 0 Å². The topological polar surface area (TPSA) is 68.4 Å². The first-order chi connectivity index (χ1) is 12.7. The average molecular weight is 364 g/mol. The van der Waals surface area contributed by atoms with Crippen LogP contribution in [0, 0.1) is 6.92 Å². The highest BCUT2D eigenvalue weighted by atomic mass is 32.1. The fourth-order valence-corrected chi connectivity index (χ4v) is 4.44. The van der Waals surface area contributed by atoms with E-state index in [0.717, 1.165) is 34.4 Å². The molecular weight excluding hydrogens is 348 g/mol. The molecule has 0 radical (unpaired) electrons. The van der Waals surface area contributed by atoms with Crippen LogP contribution in [-0.4, -0.2) is 28.5 Å². The Balaban J connectivity index is 1.66. The number of hydrogen-bond acceptors (Lipinski definition) is 6. The smallest absolute Gasteiger partial charge is 0.137 e. The number of fused-ring (bicyclic) bond motifs is 2. The molecule has 5 rings (SSSR count). The highest BCUT2D eigenvalue weighted by molar-refractivity contribution is 7.17. The fraction of sp³-hybridized carbons (Fsp3) is 0.200. The third-order valence-corrected chi connectivity index (χ3v) is 5.73. The van der Waals surface area contributed by atoms with Crippen LogP contribution in [0.4, 0.5) is 0 Å². The van der Waals surface area contributed by atoms with Gasteiger partial charge in [0.25, 0.3) is 0 Å². The Bertz CT molecular complexity index is 1170. The van der Waals surface area contributed by atoms with Gasteiger partial charge in [-0.3, -0.25) is 0 Å². The van der Waals surface area contributed by atoms with E-state index >= 15 is 0 Å². The average Bonchev–Trinajstić information content (AvgIpc) is 3.29. The lowest BCUT2D eigenvalue weighted by atomic mass is 10.0. The van der Waals surface area contributed by atoms with Gasteiger partial charge in [0.15, 0.2) is 0 Å². The molecule has 0 atom stereocenters. The second kappa shape index (κ2) is 5.93. The summed E-state index contributed by atoms with van der Waals surface area (Å²) in [6.45, 7) is 3.33. The van der Waals surface area contributed by atoms with Crippen LogP contribution in [0.15, 0.2) is 40.3 Å². The maximum absolute atomic E-state index is 10.7. The van der Waals surface area contributed by atoms with Gasteiger partial charge in [-0.2, -0.15) is 0 Å². The molecule has 0 spiro atoms. The number of rotatable bonds is 2. The third-order valence-electron chi connectivity index (χ3n) is 4.81. The minimum absolute atomic E-state index is 0.186. The van der Waals surface area contributed by atoms with Crippen molar-refractivity contribution in [3.8, 4) is 17.0 Å². The summed E-state index contributed by atoms with van der Waals surface area (Å²) in [6, 6.07) is 5.69. The molecule has 3 aromatic heterocycles. The minimum atomic E-state index is 0.186. The number of aryl methyl sites for hydroxylation is 1. The van der Waals surface area contributed by atoms with E-state index in [1.807, 2.05) is 19.1 Å². The zero-order valence-corrected chi connectivity index (χ0v) is 15.0. The van der Waals surface area contributed by atoms with Gasteiger partial charge >= 0.3 is 0 Å². The lowest BCUT2D eigenvalue weighted by Gasteiger charge is -2.12. The van der Waals surface area contributed by atoms with Crippen LogP contribution in [0.3, 0.4) is 0 Å². The predicted octanol–water partition coefficient (Wildman–Crippen LogP) is 4.92. The number of aromatic nitrogens is 2. The molecule has 4 aromatic rings. The zero-order chi connectivity index (χ0) is 17.7. The highest BCUT2D eigenvalue weighted by Gasteiger charge is 2.18. The fourth-order valence-electron chi connectivity index (χ4n) is 3.49. The monoisotopic (exact) mass is 364 g/mol. The molecule has 5 nitrogen and oxygen atoms in total. The summed E-state index contributed by atoms with van der Waals surface area (Å²) >= 11 is 1.65. The summed E-state index contributed by atoms with van der Waals surface area (Å²) in [4.78, 5) is 0. The van der Waals surface area contributed by atoms with Gasteiger partial charge < -0.3 is 14.3 Å². The molecule has 0 amide bonds.